The molecule has 20 atom stereocenters. The maximum atomic E-state index is 15.1. The minimum atomic E-state index is -1.35. The zero-order valence-electron chi connectivity index (χ0n) is 55.5. The quantitative estimate of drug-likeness (QED) is 0.0227. The Morgan fingerprint density at radius 2 is 0.875 bits per heavy atom. The molecule has 572 valence electrons. The molecule has 9 heterocycles. The van der Waals surface area contributed by atoms with Crippen LogP contribution in [-0.2, 0) is 66.5 Å². The van der Waals surface area contributed by atoms with Crippen molar-refractivity contribution in [1.29, 1.82) is 0 Å². The van der Waals surface area contributed by atoms with Crippen LogP contribution in [-0.4, -0.2) is 152 Å². The van der Waals surface area contributed by atoms with Crippen LogP contribution in [0.15, 0.2) is 111 Å². The largest absolute Gasteiger partial charge is 0.459 e. The van der Waals surface area contributed by atoms with Crippen LogP contribution in [0.4, 0.5) is 50.9 Å². The lowest BCUT2D eigenvalue weighted by Crippen LogP contribution is -2.51. The molecule has 8 aliphatic rings. The van der Waals surface area contributed by atoms with Crippen molar-refractivity contribution in [3.8, 4) is 5.88 Å². The zero-order valence-corrected chi connectivity index (χ0v) is 55.5. The highest BCUT2D eigenvalue weighted by Crippen LogP contribution is 2.52. The lowest BCUT2D eigenvalue weighted by atomic mass is 9.73. The number of hydrogen-bond acceptors (Lipinski definition) is 23. The first kappa shape index (κ1) is 83.9. The number of fused-ring (bicyclic) bond motifs is 4. The van der Waals surface area contributed by atoms with E-state index < -0.39 is 154 Å². The molecule has 4 unspecified atom stereocenters. The van der Waals surface area contributed by atoms with Crippen LogP contribution in [0, 0.1) is 57.1 Å². The summed E-state index contributed by atoms with van der Waals surface area (Å²) in [5, 5.41) is 11.0. The Kier molecular flexibility index (Phi) is 26.9. The molecule has 4 aromatic carbocycles. The fourth-order valence-corrected chi connectivity index (χ4v) is 15.0. The highest BCUT2D eigenvalue weighted by atomic mass is 19.2. The Bertz CT molecular complexity index is 3960. The van der Waals surface area contributed by atoms with E-state index >= 15 is 4.39 Å². The molecule has 4 fully saturated rings. The smallest absolute Gasteiger partial charge is 0.283 e. The van der Waals surface area contributed by atoms with E-state index in [0.29, 0.717) is 16.8 Å². The molecule has 0 saturated carbocycles. The van der Waals surface area contributed by atoms with Crippen molar-refractivity contribution in [2.45, 2.75) is 187 Å². The molecule has 8 aliphatic heterocycles. The molecule has 0 bridgehead atoms. The van der Waals surface area contributed by atoms with Gasteiger partial charge in [0.1, 0.15) is 100 Å². The molecule has 0 amide bonds. The summed E-state index contributed by atoms with van der Waals surface area (Å²) >= 11 is 0. The SMILES string of the molecule is C.C.C.C.CC(F)[C@@H]1OC[C@H]2OC(N)=N[C@](C)(c3cc(CC(=O)c4cnc(OCF)cn4)ccc3F)[C@H]21.CC(F)[C@@H]1OC[C@H]2OC(N)=N[C@](C)(c3cc(N)ccc3F)[C@H]21.CC(F)[C@@H]1OC[C@H]2OC(N)=N[C@](C)(c3cc([N+](=O)[O-])ccc3F)[C@H]21.CC(F)[C@@H]1OC[C@H]2OC(N)=N[C@](C)(c3ccccc3F)[C@H]21. The van der Waals surface area contributed by atoms with Gasteiger partial charge in [-0.25, -0.2) is 69.5 Å². The Hall–Kier alpha value is -9.08. The summed E-state index contributed by atoms with van der Waals surface area (Å²) in [5.41, 5.74) is 25.5. The Morgan fingerprint density at radius 1 is 0.519 bits per heavy atom. The van der Waals surface area contributed by atoms with Gasteiger partial charge in [0.05, 0.1) is 91.8 Å². The van der Waals surface area contributed by atoms with Crippen LogP contribution in [0.1, 0.15) is 123 Å². The lowest BCUT2D eigenvalue weighted by molar-refractivity contribution is -0.385. The number of nitro groups is 1. The van der Waals surface area contributed by atoms with Crippen LogP contribution in [0.25, 0.3) is 0 Å². The van der Waals surface area contributed by atoms with Crippen LogP contribution >= 0.6 is 0 Å². The lowest BCUT2D eigenvalue weighted by Gasteiger charge is -2.41. The summed E-state index contributed by atoms with van der Waals surface area (Å²) in [6, 6.07) is 17.6. The molecular weight excluding hydrogens is 1380 g/mol. The molecule has 0 radical (unpaired) electrons. The van der Waals surface area contributed by atoms with Gasteiger partial charge >= 0.3 is 0 Å². The summed E-state index contributed by atoms with van der Waals surface area (Å²) in [6.45, 7) is 11.8. The number of rotatable bonds is 14. The van der Waals surface area contributed by atoms with E-state index in [0.717, 1.165) is 24.4 Å². The standard InChI is InChI=1S/C22H23F3N4O4.C15H17F2N3O4.C15H19F2N3O2.C15H18F2N2O2.4CH4/c1-11(24)20-19-17(9-31-20)33-21(26)29-22(19,2)13-5-12(3-4-14(13)25)6-16(30)15-7-28-18(8-27-15)32-10-23;1-7(16)13-12-11(6-23-13)24-14(18)19-15(12,2)9-5-8(20(21)22)3-4-10(9)17;1-7(16)13-12-11(6-21-13)22-14(19)20-15(12,2)9-5-8(18)3-4-10(9)17;1-8(16)13-12-11(7-20-13)21-14(18)19-15(12,2)9-5-3-4-6-10(9)17;;;;/h3-5,7-8,11,17,19-20H,6,9-10H2,1-2H3,(H2,26,29);3-5,7,11-13H,6H2,1-2H3,(H2,18,19);3-5,7,11-13H,6,18H2,1-2H3,(H2,19,20);3-6,8,11-13H,7H2,1-2H3,(H2,18,19);4*1H4/t11?,17-,19-,20+,22-;2*7?,11-,12-,13+,15-;8?,11-,12-,13+,15-;;;;/m1111..../s1. The molecule has 5 aromatic rings. The molecule has 0 spiro atoms. The number of alkyl halides is 5. The van der Waals surface area contributed by atoms with Crippen molar-refractivity contribution in [2.75, 3.05) is 39.0 Å². The van der Waals surface area contributed by atoms with E-state index in [1.807, 2.05) is 0 Å². The summed E-state index contributed by atoms with van der Waals surface area (Å²) in [5.74, 6) is -4.76. The fourth-order valence-electron chi connectivity index (χ4n) is 15.0. The van der Waals surface area contributed by atoms with E-state index in [2.05, 4.69) is 34.7 Å². The number of ether oxygens (including phenoxy) is 9. The molecule has 0 aliphatic carbocycles. The van der Waals surface area contributed by atoms with Crippen LogP contribution in [0.3, 0.4) is 0 Å². The average molecular weight is 1480 g/mol. The van der Waals surface area contributed by atoms with E-state index in [1.54, 1.807) is 45.9 Å². The first-order valence-corrected chi connectivity index (χ1v) is 31.9. The molecule has 104 heavy (non-hydrogen) atoms. The molecule has 4 saturated heterocycles. The van der Waals surface area contributed by atoms with Crippen molar-refractivity contribution in [3.05, 3.63) is 158 Å². The van der Waals surface area contributed by atoms with Crippen LogP contribution in [0.2, 0.25) is 0 Å². The second-order valence-corrected chi connectivity index (χ2v) is 26.1. The van der Waals surface area contributed by atoms with Crippen LogP contribution in [0.5, 0.6) is 5.88 Å². The number of ketones is 1. The maximum absolute atomic E-state index is 15.1. The highest BCUT2D eigenvalue weighted by molar-refractivity contribution is 5.95. The van der Waals surface area contributed by atoms with E-state index in [1.165, 1.54) is 76.4 Å². The monoisotopic (exact) mass is 1480 g/mol. The highest BCUT2D eigenvalue weighted by Gasteiger charge is 2.60. The van der Waals surface area contributed by atoms with Gasteiger partial charge in [-0.05, 0) is 103 Å². The number of aliphatic imine (C=N–C) groups is 4. The predicted octanol–water partition coefficient (Wildman–Crippen LogP) is 11.1. The predicted molar refractivity (Wildman–Crippen MR) is 371 cm³/mol. The second-order valence-electron chi connectivity index (χ2n) is 26.1. The van der Waals surface area contributed by atoms with Gasteiger partial charge in [0.2, 0.25) is 12.7 Å². The second kappa shape index (κ2) is 33.4. The summed E-state index contributed by atoms with van der Waals surface area (Å²) in [6.07, 6.45) is -8.17. The Labute approximate surface area is 597 Å². The number of nitrogens with zero attached hydrogens (tertiary/aromatic N) is 7. The van der Waals surface area contributed by atoms with Gasteiger partial charge < -0.3 is 71.3 Å². The van der Waals surface area contributed by atoms with Gasteiger partial charge in [0, 0.05) is 46.5 Å². The number of nitrogens with two attached hydrogens (primary N) is 5. The third-order valence-corrected chi connectivity index (χ3v) is 19.4. The number of hydrogen-bond donors (Lipinski definition) is 5. The third-order valence-electron chi connectivity index (χ3n) is 19.4. The number of nitro benzene ring substituents is 1. The molecule has 24 nitrogen and oxygen atoms in total. The first-order valence-electron chi connectivity index (χ1n) is 31.9. The maximum Gasteiger partial charge on any atom is 0.283 e. The normalized spacial score (nSPS) is 31.2. The van der Waals surface area contributed by atoms with Gasteiger partial charge in [-0.15, -0.1) is 0 Å². The number of halogens is 9. The number of amidine groups is 4. The van der Waals surface area contributed by atoms with Gasteiger partial charge in [-0.1, -0.05) is 54.0 Å². The van der Waals surface area contributed by atoms with Gasteiger partial charge in [0.15, 0.2) is 5.78 Å². The average Bonchev–Trinajstić information content (AvgIpc) is 1.39. The van der Waals surface area contributed by atoms with Crippen molar-refractivity contribution < 1.29 is 91.9 Å². The third kappa shape index (κ3) is 16.5. The zero-order chi connectivity index (χ0) is 72.7. The minimum absolute atomic E-state index is 0. The number of anilines is 1. The minimum Gasteiger partial charge on any atom is -0.459 e. The number of nitrogen functional groups attached to an aromatic ring is 1. The van der Waals surface area contributed by atoms with Crippen molar-refractivity contribution >= 4 is 41.2 Å². The molecule has 1 aromatic heterocycles. The van der Waals surface area contributed by atoms with Crippen molar-refractivity contribution in [2.24, 2.45) is 66.6 Å². The summed E-state index contributed by atoms with van der Waals surface area (Å²) in [7, 11) is 0. The van der Waals surface area contributed by atoms with E-state index in [4.69, 9.17) is 66.6 Å². The summed E-state index contributed by atoms with van der Waals surface area (Å²) in [4.78, 5) is 48.0. The number of benzene rings is 4. The topological polar surface area (TPSA) is 349 Å². The number of carbonyl (C=O) groups is 1. The number of aromatic nitrogens is 2. The van der Waals surface area contributed by atoms with E-state index in [9.17, 15) is 50.0 Å². The van der Waals surface area contributed by atoms with Gasteiger partial charge in [0.25, 0.3) is 29.8 Å². The first-order chi connectivity index (χ1) is 47.2. The molecule has 10 N–H and O–H groups in total. The van der Waals surface area contributed by atoms with Crippen molar-refractivity contribution in [1.82, 2.24) is 9.97 Å². The Morgan fingerprint density at radius 3 is 1.24 bits per heavy atom. The fraction of sp³-hybridized carbons (Fsp3) is 0.535. The summed E-state index contributed by atoms with van der Waals surface area (Å²) < 4.78 is 175. The Balaban J connectivity index is 0.000000218. The molecule has 33 heteroatoms. The van der Waals surface area contributed by atoms with Crippen molar-refractivity contribution in [3.63, 3.8) is 0 Å². The number of Topliss-reactive ketones (excluding diaryl/α,β-unsaturated/α-hetero) is 1. The van der Waals surface area contributed by atoms with Gasteiger partial charge in [-0.2, -0.15) is 0 Å². The van der Waals surface area contributed by atoms with E-state index in [-0.39, 0.29) is 126 Å². The van der Waals surface area contributed by atoms with Gasteiger partial charge in [-0.3, -0.25) is 14.9 Å². The van der Waals surface area contributed by atoms with Crippen LogP contribution < -0.4 is 33.4 Å². The molecular formula is C71H93F9N12O12. The number of non-ortho nitro benzene ring substituents is 1. The number of carbonyl (C=O) groups excluding carboxylic acids is 1. The molecule has 13 rings (SSSR count).